The summed E-state index contributed by atoms with van der Waals surface area (Å²) in [6, 6.07) is 0.170. The third-order valence-corrected chi connectivity index (χ3v) is 2.44. The van der Waals surface area contributed by atoms with E-state index in [-0.39, 0.29) is 31.3 Å². The molecule has 5 heteroatoms. The van der Waals surface area contributed by atoms with Gasteiger partial charge < -0.3 is 14.6 Å². The highest BCUT2D eigenvalue weighted by atomic mass is 16.5. The van der Waals surface area contributed by atoms with Crippen LogP contribution < -0.4 is 0 Å². The monoisotopic (exact) mass is 261 g/mol. The number of hydrogen-bond donors (Lipinski definition) is 1. The lowest BCUT2D eigenvalue weighted by molar-refractivity contribution is -0.145. The number of carbonyl (C=O) groups excluding carboxylic acids is 1. The molecule has 0 aliphatic carbocycles. The average molecular weight is 261 g/mol. The topological polar surface area (TPSA) is 59.0 Å². The first-order valence-electron chi connectivity index (χ1n) is 6.56. The van der Waals surface area contributed by atoms with Gasteiger partial charge in [0.25, 0.3) is 0 Å². The molecule has 0 saturated heterocycles. The maximum atomic E-state index is 11.4. The molecule has 1 N–H and O–H groups in total. The standard InChI is InChI=1S/C13H27NO4/c1-6-17-13(16)8-14(10(2)3)7-12(15)9-18-11(4)5/h10-12,15H,6-9H2,1-5H3. The largest absolute Gasteiger partial charge is 0.465 e. The third-order valence-electron chi connectivity index (χ3n) is 2.44. The molecule has 0 rings (SSSR count). The van der Waals surface area contributed by atoms with Crippen LogP contribution in [0.25, 0.3) is 0 Å². The van der Waals surface area contributed by atoms with Crippen LogP contribution in [0.4, 0.5) is 0 Å². The number of hydrogen-bond acceptors (Lipinski definition) is 5. The van der Waals surface area contributed by atoms with Crippen LogP contribution >= 0.6 is 0 Å². The van der Waals surface area contributed by atoms with E-state index in [9.17, 15) is 9.90 Å². The Morgan fingerprint density at radius 2 is 1.89 bits per heavy atom. The molecule has 0 bridgehead atoms. The number of rotatable bonds is 9. The highest BCUT2D eigenvalue weighted by Crippen LogP contribution is 2.02. The summed E-state index contributed by atoms with van der Waals surface area (Å²) in [6.07, 6.45) is -0.499. The number of ether oxygens (including phenoxy) is 2. The summed E-state index contributed by atoms with van der Waals surface area (Å²) in [5.74, 6) is -0.261. The molecule has 0 radical (unpaired) electrons. The first kappa shape index (κ1) is 17.4. The molecule has 0 fully saturated rings. The summed E-state index contributed by atoms with van der Waals surface area (Å²) in [5, 5.41) is 9.84. The molecule has 0 aliphatic heterocycles. The minimum atomic E-state index is -0.593. The van der Waals surface area contributed by atoms with Gasteiger partial charge in [-0.25, -0.2) is 0 Å². The molecule has 1 atom stereocenters. The summed E-state index contributed by atoms with van der Waals surface area (Å²) < 4.78 is 10.3. The molecule has 108 valence electrons. The van der Waals surface area contributed by atoms with Crippen molar-refractivity contribution in [2.45, 2.75) is 52.9 Å². The van der Waals surface area contributed by atoms with Crippen LogP contribution in [0.1, 0.15) is 34.6 Å². The fourth-order valence-electron chi connectivity index (χ4n) is 1.46. The molecular weight excluding hydrogens is 234 g/mol. The van der Waals surface area contributed by atoms with Crippen molar-refractivity contribution < 1.29 is 19.4 Å². The summed E-state index contributed by atoms with van der Waals surface area (Å²) in [6.45, 7) is 10.9. The molecule has 5 nitrogen and oxygen atoms in total. The molecule has 0 aromatic carbocycles. The third kappa shape index (κ3) is 8.44. The lowest BCUT2D eigenvalue weighted by atomic mass is 10.2. The van der Waals surface area contributed by atoms with Crippen LogP contribution in [-0.4, -0.2) is 60.5 Å². The highest BCUT2D eigenvalue weighted by Gasteiger charge is 2.18. The minimum absolute atomic E-state index is 0.0946. The fourth-order valence-corrected chi connectivity index (χ4v) is 1.46. The van der Waals surface area contributed by atoms with Crippen molar-refractivity contribution in [2.75, 3.05) is 26.3 Å². The zero-order valence-corrected chi connectivity index (χ0v) is 12.2. The Morgan fingerprint density at radius 1 is 1.28 bits per heavy atom. The number of aliphatic hydroxyl groups is 1. The molecule has 0 aromatic rings. The molecule has 0 heterocycles. The van der Waals surface area contributed by atoms with Crippen molar-refractivity contribution in [1.29, 1.82) is 0 Å². The lowest BCUT2D eigenvalue weighted by Gasteiger charge is -2.27. The van der Waals surface area contributed by atoms with E-state index in [0.717, 1.165) is 0 Å². The van der Waals surface area contributed by atoms with Gasteiger partial charge in [-0.05, 0) is 34.6 Å². The van der Waals surface area contributed by atoms with E-state index in [1.165, 1.54) is 0 Å². The van der Waals surface area contributed by atoms with E-state index in [1.54, 1.807) is 6.92 Å². The average Bonchev–Trinajstić information content (AvgIpc) is 2.25. The summed E-state index contributed by atoms with van der Waals surface area (Å²) in [7, 11) is 0. The highest BCUT2D eigenvalue weighted by molar-refractivity contribution is 5.71. The molecule has 0 aliphatic rings. The summed E-state index contributed by atoms with van der Waals surface area (Å²) in [4.78, 5) is 13.3. The van der Waals surface area contributed by atoms with Crippen LogP contribution in [0, 0.1) is 0 Å². The second-order valence-electron chi connectivity index (χ2n) is 4.86. The second-order valence-corrected chi connectivity index (χ2v) is 4.86. The van der Waals surface area contributed by atoms with Crippen molar-refractivity contribution in [1.82, 2.24) is 4.90 Å². The number of carbonyl (C=O) groups is 1. The van der Waals surface area contributed by atoms with Gasteiger partial charge >= 0.3 is 5.97 Å². The van der Waals surface area contributed by atoms with Crippen molar-refractivity contribution in [2.24, 2.45) is 0 Å². The van der Waals surface area contributed by atoms with Gasteiger partial charge in [-0.1, -0.05) is 0 Å². The summed E-state index contributed by atoms with van der Waals surface area (Å²) in [5.41, 5.74) is 0. The van der Waals surface area contributed by atoms with Gasteiger partial charge in [-0.2, -0.15) is 0 Å². The van der Waals surface area contributed by atoms with Crippen molar-refractivity contribution in [3.63, 3.8) is 0 Å². The molecule has 0 spiro atoms. The Bertz CT molecular complexity index is 231. The van der Waals surface area contributed by atoms with Crippen LogP contribution in [-0.2, 0) is 14.3 Å². The molecule has 0 aromatic heterocycles. The Hall–Kier alpha value is -0.650. The minimum Gasteiger partial charge on any atom is -0.465 e. The van der Waals surface area contributed by atoms with E-state index in [0.29, 0.717) is 13.2 Å². The van der Waals surface area contributed by atoms with Crippen LogP contribution in [0.3, 0.4) is 0 Å². The first-order chi connectivity index (χ1) is 8.36. The maximum absolute atomic E-state index is 11.4. The Balaban J connectivity index is 4.14. The second kappa shape index (κ2) is 9.30. The van der Waals surface area contributed by atoms with E-state index < -0.39 is 6.10 Å². The Labute approximate surface area is 110 Å². The van der Waals surface area contributed by atoms with Gasteiger partial charge in [0.1, 0.15) is 0 Å². The number of aliphatic hydroxyl groups excluding tert-OH is 1. The van der Waals surface area contributed by atoms with E-state index in [1.807, 2.05) is 32.6 Å². The van der Waals surface area contributed by atoms with Gasteiger partial charge in [-0.15, -0.1) is 0 Å². The quantitative estimate of drug-likeness (QED) is 0.629. The number of esters is 1. The van der Waals surface area contributed by atoms with Gasteiger partial charge in [0, 0.05) is 12.6 Å². The predicted octanol–water partition coefficient (Wildman–Crippen LogP) is 1.05. The molecule has 18 heavy (non-hydrogen) atoms. The van der Waals surface area contributed by atoms with Crippen LogP contribution in [0.2, 0.25) is 0 Å². The van der Waals surface area contributed by atoms with Crippen molar-refractivity contribution >= 4 is 5.97 Å². The van der Waals surface area contributed by atoms with Gasteiger partial charge in [0.2, 0.25) is 0 Å². The van der Waals surface area contributed by atoms with Gasteiger partial charge in [-0.3, -0.25) is 9.69 Å². The number of nitrogens with zero attached hydrogens (tertiary/aromatic N) is 1. The molecule has 0 amide bonds. The maximum Gasteiger partial charge on any atom is 0.320 e. The van der Waals surface area contributed by atoms with Gasteiger partial charge in [0.05, 0.1) is 32.0 Å². The predicted molar refractivity (Wildman–Crippen MR) is 70.4 cm³/mol. The molecule has 0 saturated carbocycles. The molecular formula is C13H27NO4. The fraction of sp³-hybridized carbons (Fsp3) is 0.923. The normalized spacial score (nSPS) is 13.4. The van der Waals surface area contributed by atoms with Crippen molar-refractivity contribution in [3.8, 4) is 0 Å². The van der Waals surface area contributed by atoms with Crippen LogP contribution in [0.5, 0.6) is 0 Å². The van der Waals surface area contributed by atoms with Crippen LogP contribution in [0.15, 0.2) is 0 Å². The summed E-state index contributed by atoms with van der Waals surface area (Å²) >= 11 is 0. The zero-order valence-electron chi connectivity index (χ0n) is 12.2. The SMILES string of the molecule is CCOC(=O)CN(CC(O)COC(C)C)C(C)C. The van der Waals surface area contributed by atoms with E-state index in [4.69, 9.17) is 9.47 Å². The lowest BCUT2D eigenvalue weighted by Crippen LogP contribution is -2.42. The Morgan fingerprint density at radius 3 is 2.33 bits per heavy atom. The van der Waals surface area contributed by atoms with E-state index in [2.05, 4.69) is 0 Å². The van der Waals surface area contributed by atoms with Gasteiger partial charge in [0.15, 0.2) is 0 Å². The zero-order chi connectivity index (χ0) is 14.1. The first-order valence-corrected chi connectivity index (χ1v) is 6.56. The smallest absolute Gasteiger partial charge is 0.320 e. The Kier molecular flexibility index (Phi) is 8.97. The van der Waals surface area contributed by atoms with E-state index >= 15 is 0 Å². The van der Waals surface area contributed by atoms with Crippen molar-refractivity contribution in [3.05, 3.63) is 0 Å². The molecule has 1 unspecified atom stereocenters.